The first-order valence-corrected chi connectivity index (χ1v) is 18.1. The van der Waals surface area contributed by atoms with E-state index in [1.54, 1.807) is 0 Å². The van der Waals surface area contributed by atoms with Crippen LogP contribution in [0.3, 0.4) is 0 Å². The van der Waals surface area contributed by atoms with Crippen LogP contribution in [0, 0.1) is 0 Å². The summed E-state index contributed by atoms with van der Waals surface area (Å²) in [5.41, 5.74) is 13.2. The van der Waals surface area contributed by atoms with E-state index in [-0.39, 0.29) is 0 Å². The van der Waals surface area contributed by atoms with Crippen molar-refractivity contribution in [3.8, 4) is 27.9 Å². The molecule has 0 aliphatic rings. The van der Waals surface area contributed by atoms with Crippen LogP contribution in [-0.2, 0) is 0 Å². The Kier molecular flexibility index (Phi) is 7.27. The summed E-state index contributed by atoms with van der Waals surface area (Å²) in [6.45, 7) is 0. The van der Waals surface area contributed by atoms with Crippen molar-refractivity contribution in [2.45, 2.75) is 0 Å². The zero-order valence-electron chi connectivity index (χ0n) is 28.3. The van der Waals surface area contributed by atoms with Crippen molar-refractivity contribution in [2.75, 3.05) is 4.90 Å². The van der Waals surface area contributed by atoms with Gasteiger partial charge in [-0.2, -0.15) is 0 Å². The third-order valence-electron chi connectivity index (χ3n) is 10.1. The maximum atomic E-state index is 6.36. The number of hydrogen-bond acceptors (Lipinski definition) is 2. The maximum absolute atomic E-state index is 6.36. The molecule has 4 heteroatoms. The fourth-order valence-corrected chi connectivity index (χ4v) is 7.94. The van der Waals surface area contributed by atoms with Crippen molar-refractivity contribution >= 4 is 75.4 Å². The number of fused-ring (bicyclic) bond motifs is 6. The Morgan fingerprint density at radius 3 is 1.87 bits per heavy atom. The molecule has 2 heterocycles. The van der Waals surface area contributed by atoms with Crippen molar-refractivity contribution in [3.63, 3.8) is 0 Å². The molecule has 10 rings (SSSR count). The van der Waals surface area contributed by atoms with Crippen molar-refractivity contribution in [1.82, 2.24) is 4.57 Å². The minimum atomic E-state index is 0.910. The van der Waals surface area contributed by atoms with Gasteiger partial charge in [-0.05, 0) is 88.7 Å². The second kappa shape index (κ2) is 12.4. The number of benzene rings is 8. The van der Waals surface area contributed by atoms with E-state index in [1.807, 2.05) is 12.1 Å². The van der Waals surface area contributed by atoms with Gasteiger partial charge in [0.1, 0.15) is 11.2 Å². The van der Waals surface area contributed by atoms with Crippen LogP contribution in [0.1, 0.15) is 0 Å². The molecule has 0 saturated heterocycles. The van der Waals surface area contributed by atoms with Gasteiger partial charge in [0.25, 0.3) is 0 Å². The molecule has 0 saturated carbocycles. The summed E-state index contributed by atoms with van der Waals surface area (Å²) in [6.07, 6.45) is 0. The number of nitrogens with zero attached hydrogens (tertiary/aromatic N) is 2. The summed E-state index contributed by atoms with van der Waals surface area (Å²) in [5.74, 6) is 0. The van der Waals surface area contributed by atoms with Gasteiger partial charge < -0.3 is 13.9 Å². The second-order valence-corrected chi connectivity index (χ2v) is 13.9. The highest BCUT2D eigenvalue weighted by molar-refractivity contribution is 7.27. The number of rotatable bonds is 6. The third-order valence-corrected chi connectivity index (χ3v) is 10.5. The molecule has 246 valence electrons. The molecule has 0 spiro atoms. The molecule has 2 aromatic heterocycles. The number of hydrogen-bond donors (Lipinski definition) is 0. The van der Waals surface area contributed by atoms with E-state index in [0.29, 0.717) is 0 Å². The molecule has 0 bridgehead atoms. The Balaban J connectivity index is 1.01. The monoisotopic (exact) mass is 684 g/mol. The fraction of sp³-hybridized carbons (Fsp3) is 0. The molecular formula is C48H33N2OP. The first-order valence-electron chi connectivity index (χ1n) is 17.6. The lowest BCUT2D eigenvalue weighted by molar-refractivity contribution is 0.670. The first-order chi connectivity index (χ1) is 25.7. The van der Waals surface area contributed by atoms with E-state index < -0.39 is 0 Å². The van der Waals surface area contributed by atoms with E-state index in [9.17, 15) is 0 Å². The zero-order chi connectivity index (χ0) is 34.6. The molecular weight excluding hydrogens is 652 g/mol. The Hall–Kier alpha value is -6.41. The smallest absolute Gasteiger partial charge is 0.143 e. The van der Waals surface area contributed by atoms with E-state index in [0.717, 1.165) is 55.8 Å². The number of para-hydroxylation sites is 4. The number of anilines is 3. The Morgan fingerprint density at radius 2 is 1.06 bits per heavy atom. The topological polar surface area (TPSA) is 21.3 Å². The molecule has 1 atom stereocenters. The first kappa shape index (κ1) is 30.4. The highest BCUT2D eigenvalue weighted by atomic mass is 31.0. The van der Waals surface area contributed by atoms with Crippen molar-refractivity contribution in [3.05, 3.63) is 188 Å². The molecule has 0 amide bonds. The molecule has 0 radical (unpaired) electrons. The van der Waals surface area contributed by atoms with Crippen LogP contribution >= 0.6 is 9.24 Å². The Bertz CT molecular complexity index is 2900. The van der Waals surface area contributed by atoms with Gasteiger partial charge in [-0.25, -0.2) is 0 Å². The maximum Gasteiger partial charge on any atom is 0.143 e. The molecule has 0 aliphatic heterocycles. The Labute approximate surface area is 304 Å². The van der Waals surface area contributed by atoms with Gasteiger partial charge in [0.05, 0.1) is 11.0 Å². The standard InChI is InChI=1S/C48H33N2OP/c52-39-28-29-42-41-14-4-6-18-45(41)50(46(42)31-39)38-13-8-10-34(30-38)32-20-24-36(25-21-32)49(35-11-2-1-3-12-35)37-26-22-33(23-27-37)40-16-9-17-44-43-15-5-7-19-47(43)51-48(40)44/h1-31H,52H2. The largest absolute Gasteiger partial charge is 0.455 e. The van der Waals surface area contributed by atoms with E-state index in [2.05, 4.69) is 195 Å². The van der Waals surface area contributed by atoms with Gasteiger partial charge in [-0.15, -0.1) is 9.24 Å². The fourth-order valence-electron chi connectivity index (χ4n) is 7.68. The van der Waals surface area contributed by atoms with Crippen molar-refractivity contribution in [2.24, 2.45) is 0 Å². The molecule has 0 aliphatic carbocycles. The lowest BCUT2D eigenvalue weighted by Crippen LogP contribution is -2.09. The molecule has 3 nitrogen and oxygen atoms in total. The van der Waals surface area contributed by atoms with Gasteiger partial charge in [-0.3, -0.25) is 0 Å². The summed E-state index contributed by atoms with van der Waals surface area (Å²) >= 11 is 0. The molecule has 0 N–H and O–H groups in total. The van der Waals surface area contributed by atoms with Gasteiger partial charge in [0.2, 0.25) is 0 Å². The molecule has 8 aromatic carbocycles. The summed E-state index contributed by atoms with van der Waals surface area (Å²) in [6, 6.07) is 67.1. The predicted octanol–water partition coefficient (Wildman–Crippen LogP) is 13.0. The summed E-state index contributed by atoms with van der Waals surface area (Å²) in [7, 11) is 2.85. The van der Waals surface area contributed by atoms with Gasteiger partial charge in [0.15, 0.2) is 0 Å². The summed E-state index contributed by atoms with van der Waals surface area (Å²) in [5, 5.41) is 5.97. The van der Waals surface area contributed by atoms with Crippen LogP contribution < -0.4 is 10.2 Å². The number of aromatic nitrogens is 1. The quantitative estimate of drug-likeness (QED) is 0.163. The number of furan rings is 1. The molecule has 52 heavy (non-hydrogen) atoms. The zero-order valence-corrected chi connectivity index (χ0v) is 29.4. The van der Waals surface area contributed by atoms with E-state index >= 15 is 0 Å². The Morgan fingerprint density at radius 1 is 0.423 bits per heavy atom. The van der Waals surface area contributed by atoms with Crippen LogP contribution in [-0.4, -0.2) is 4.57 Å². The average Bonchev–Trinajstić information content (AvgIpc) is 3.75. The second-order valence-electron chi connectivity index (χ2n) is 13.2. The van der Waals surface area contributed by atoms with E-state index in [1.165, 1.54) is 38.2 Å². The van der Waals surface area contributed by atoms with Crippen molar-refractivity contribution in [1.29, 1.82) is 0 Å². The van der Waals surface area contributed by atoms with Crippen LogP contribution in [0.15, 0.2) is 192 Å². The summed E-state index contributed by atoms with van der Waals surface area (Å²) in [4.78, 5) is 2.31. The van der Waals surface area contributed by atoms with Gasteiger partial charge in [-0.1, -0.05) is 121 Å². The minimum absolute atomic E-state index is 0.910. The van der Waals surface area contributed by atoms with Crippen LogP contribution in [0.4, 0.5) is 17.1 Å². The lowest BCUT2D eigenvalue weighted by atomic mass is 10.0. The van der Waals surface area contributed by atoms with Crippen molar-refractivity contribution < 1.29 is 4.42 Å². The van der Waals surface area contributed by atoms with E-state index in [4.69, 9.17) is 4.42 Å². The van der Waals surface area contributed by atoms with Crippen LogP contribution in [0.25, 0.3) is 71.7 Å². The molecule has 1 unspecified atom stereocenters. The minimum Gasteiger partial charge on any atom is -0.455 e. The predicted molar refractivity (Wildman–Crippen MR) is 223 cm³/mol. The SMILES string of the molecule is Pc1ccc2c3ccccc3n(-c3cccc(-c4ccc(N(c5ccccc5)c5ccc(-c6cccc7c6oc6ccccc67)cc5)cc4)c3)c2c1. The normalized spacial score (nSPS) is 11.6. The van der Waals surface area contributed by atoms with Gasteiger partial charge >= 0.3 is 0 Å². The van der Waals surface area contributed by atoms with Crippen LogP contribution in [0.5, 0.6) is 0 Å². The lowest BCUT2D eigenvalue weighted by Gasteiger charge is -2.26. The highest BCUT2D eigenvalue weighted by Crippen LogP contribution is 2.40. The molecule has 0 fully saturated rings. The third kappa shape index (κ3) is 5.09. The summed E-state index contributed by atoms with van der Waals surface area (Å²) < 4.78 is 8.74. The average molecular weight is 685 g/mol. The van der Waals surface area contributed by atoms with Crippen LogP contribution in [0.2, 0.25) is 0 Å². The highest BCUT2D eigenvalue weighted by Gasteiger charge is 2.16. The molecule has 10 aromatic rings. The van der Waals surface area contributed by atoms with Gasteiger partial charge in [0, 0.05) is 49.9 Å².